The number of aromatic nitrogens is 2. The van der Waals surface area contributed by atoms with Crippen LogP contribution in [-0.2, 0) is 13.6 Å². The molecule has 0 unspecified atom stereocenters. The molecule has 0 bridgehead atoms. The van der Waals surface area contributed by atoms with Crippen LogP contribution in [0.1, 0.15) is 16.1 Å². The first-order valence-electron chi connectivity index (χ1n) is 8.08. The van der Waals surface area contributed by atoms with Crippen LogP contribution < -0.4 is 16.0 Å². The van der Waals surface area contributed by atoms with Crippen molar-refractivity contribution in [2.75, 3.05) is 10.6 Å². The molecule has 0 atom stereocenters. The topological polar surface area (TPSA) is 88.0 Å². The van der Waals surface area contributed by atoms with Crippen LogP contribution >= 0.6 is 0 Å². The van der Waals surface area contributed by atoms with E-state index in [0.29, 0.717) is 23.6 Å². The summed E-state index contributed by atoms with van der Waals surface area (Å²) in [6.07, 6.45) is 5.15. The maximum Gasteiger partial charge on any atom is 0.319 e. The zero-order valence-corrected chi connectivity index (χ0v) is 14.3. The van der Waals surface area contributed by atoms with Gasteiger partial charge < -0.3 is 20.5 Å². The number of carbonyl (C=O) groups is 2. The van der Waals surface area contributed by atoms with Gasteiger partial charge in [-0.15, -0.1) is 0 Å². The van der Waals surface area contributed by atoms with Crippen LogP contribution in [0.2, 0.25) is 0 Å². The molecule has 2 heterocycles. The first-order chi connectivity index (χ1) is 12.6. The maximum atomic E-state index is 12.3. The van der Waals surface area contributed by atoms with E-state index in [1.54, 1.807) is 66.6 Å². The van der Waals surface area contributed by atoms with Gasteiger partial charge in [-0.1, -0.05) is 6.07 Å². The second kappa shape index (κ2) is 7.98. The Kier molecular flexibility index (Phi) is 5.28. The van der Waals surface area contributed by atoms with Crippen molar-refractivity contribution in [1.82, 2.24) is 14.9 Å². The molecule has 3 amide bonds. The third-order valence-electron chi connectivity index (χ3n) is 3.76. The van der Waals surface area contributed by atoms with E-state index in [1.807, 2.05) is 12.1 Å². The van der Waals surface area contributed by atoms with Crippen LogP contribution in [0.5, 0.6) is 0 Å². The molecule has 0 radical (unpaired) electrons. The van der Waals surface area contributed by atoms with E-state index in [2.05, 4.69) is 20.9 Å². The number of nitrogens with zero attached hydrogens (tertiary/aromatic N) is 2. The second-order valence-electron chi connectivity index (χ2n) is 5.70. The molecule has 3 rings (SSSR count). The van der Waals surface area contributed by atoms with Gasteiger partial charge >= 0.3 is 6.03 Å². The number of hydrogen-bond donors (Lipinski definition) is 3. The molecule has 0 saturated heterocycles. The number of rotatable bonds is 5. The van der Waals surface area contributed by atoms with Crippen LogP contribution in [0.4, 0.5) is 16.2 Å². The average molecular weight is 349 g/mol. The molecule has 2 aromatic heterocycles. The summed E-state index contributed by atoms with van der Waals surface area (Å²) in [7, 11) is 1.81. The van der Waals surface area contributed by atoms with Crippen LogP contribution in [-0.4, -0.2) is 21.5 Å². The van der Waals surface area contributed by atoms with E-state index in [1.165, 1.54) is 0 Å². The summed E-state index contributed by atoms with van der Waals surface area (Å²) < 4.78 is 1.74. The Bertz CT molecular complexity index is 905. The Morgan fingerprint density at radius 2 is 1.73 bits per heavy atom. The standard InChI is InChI=1S/C19H19N5O2/c1-24-11-3-6-17(24)18(25)22-15-4-2-5-16(12-15)23-19(26)21-13-14-7-9-20-10-8-14/h2-12H,13H2,1H3,(H,22,25)(H2,21,23,26). The number of carbonyl (C=O) groups excluding carboxylic acids is 2. The fourth-order valence-electron chi connectivity index (χ4n) is 2.43. The van der Waals surface area contributed by atoms with Gasteiger partial charge in [0.25, 0.3) is 5.91 Å². The van der Waals surface area contributed by atoms with Crippen LogP contribution in [0.25, 0.3) is 0 Å². The minimum absolute atomic E-state index is 0.211. The van der Waals surface area contributed by atoms with Crippen molar-refractivity contribution in [3.63, 3.8) is 0 Å². The lowest BCUT2D eigenvalue weighted by atomic mass is 10.2. The summed E-state index contributed by atoms with van der Waals surface area (Å²) in [4.78, 5) is 28.2. The van der Waals surface area contributed by atoms with Gasteiger partial charge in [0.15, 0.2) is 0 Å². The maximum absolute atomic E-state index is 12.3. The first kappa shape index (κ1) is 17.2. The molecule has 0 aliphatic rings. The second-order valence-corrected chi connectivity index (χ2v) is 5.70. The highest BCUT2D eigenvalue weighted by Gasteiger charge is 2.09. The van der Waals surface area contributed by atoms with E-state index < -0.39 is 0 Å². The normalized spacial score (nSPS) is 10.2. The Morgan fingerprint density at radius 1 is 1.00 bits per heavy atom. The predicted octanol–water partition coefficient (Wildman–Crippen LogP) is 2.99. The number of aryl methyl sites for hydroxylation is 1. The highest BCUT2D eigenvalue weighted by atomic mass is 16.2. The molecule has 26 heavy (non-hydrogen) atoms. The van der Waals surface area contributed by atoms with Crippen molar-refractivity contribution < 1.29 is 9.59 Å². The lowest BCUT2D eigenvalue weighted by Crippen LogP contribution is -2.28. The number of anilines is 2. The molecule has 0 spiro atoms. The molecular formula is C19H19N5O2. The van der Waals surface area contributed by atoms with Crippen molar-refractivity contribution >= 4 is 23.3 Å². The van der Waals surface area contributed by atoms with Crippen molar-refractivity contribution in [2.45, 2.75) is 6.54 Å². The van der Waals surface area contributed by atoms with Crippen molar-refractivity contribution in [3.05, 3.63) is 78.4 Å². The number of pyridine rings is 1. The smallest absolute Gasteiger partial charge is 0.319 e. The zero-order chi connectivity index (χ0) is 18.4. The quantitative estimate of drug-likeness (QED) is 0.662. The van der Waals surface area contributed by atoms with Gasteiger partial charge in [-0.05, 0) is 48.0 Å². The van der Waals surface area contributed by atoms with Crippen LogP contribution in [0, 0.1) is 0 Å². The first-order valence-corrected chi connectivity index (χ1v) is 8.08. The summed E-state index contributed by atoms with van der Waals surface area (Å²) in [5.41, 5.74) is 2.70. The average Bonchev–Trinajstić information content (AvgIpc) is 3.07. The summed E-state index contributed by atoms with van der Waals surface area (Å²) >= 11 is 0. The molecule has 3 N–H and O–H groups in total. The molecule has 3 aromatic rings. The Hall–Kier alpha value is -3.61. The van der Waals surface area contributed by atoms with Crippen molar-refractivity contribution in [3.8, 4) is 0 Å². The lowest BCUT2D eigenvalue weighted by molar-refractivity contribution is 0.101. The summed E-state index contributed by atoms with van der Waals surface area (Å²) in [6, 6.07) is 13.9. The van der Waals surface area contributed by atoms with Gasteiger partial charge in [0, 0.05) is 43.6 Å². The molecule has 7 heteroatoms. The molecular weight excluding hydrogens is 330 g/mol. The molecule has 0 fully saturated rings. The zero-order valence-electron chi connectivity index (χ0n) is 14.3. The van der Waals surface area contributed by atoms with Gasteiger partial charge in [-0.3, -0.25) is 9.78 Å². The van der Waals surface area contributed by atoms with Gasteiger partial charge in [-0.2, -0.15) is 0 Å². The van der Waals surface area contributed by atoms with E-state index in [9.17, 15) is 9.59 Å². The number of urea groups is 1. The Morgan fingerprint density at radius 3 is 2.42 bits per heavy atom. The SMILES string of the molecule is Cn1cccc1C(=O)Nc1cccc(NC(=O)NCc2ccncc2)c1. The van der Waals surface area contributed by atoms with Gasteiger partial charge in [0.2, 0.25) is 0 Å². The van der Waals surface area contributed by atoms with Gasteiger partial charge in [0.05, 0.1) is 0 Å². The molecule has 0 aliphatic heterocycles. The molecule has 132 valence electrons. The van der Waals surface area contributed by atoms with E-state index >= 15 is 0 Å². The Balaban J connectivity index is 1.57. The molecule has 0 saturated carbocycles. The van der Waals surface area contributed by atoms with Crippen LogP contribution in [0.3, 0.4) is 0 Å². The molecule has 0 aliphatic carbocycles. The number of hydrogen-bond acceptors (Lipinski definition) is 3. The highest BCUT2D eigenvalue weighted by Crippen LogP contribution is 2.16. The molecule has 1 aromatic carbocycles. The van der Waals surface area contributed by atoms with E-state index in [-0.39, 0.29) is 11.9 Å². The minimum Gasteiger partial charge on any atom is -0.347 e. The predicted molar refractivity (Wildman–Crippen MR) is 99.9 cm³/mol. The van der Waals surface area contributed by atoms with Gasteiger partial charge in [-0.25, -0.2) is 4.79 Å². The van der Waals surface area contributed by atoms with Crippen LogP contribution in [0.15, 0.2) is 67.1 Å². The summed E-state index contributed by atoms with van der Waals surface area (Å²) in [6.45, 7) is 0.401. The van der Waals surface area contributed by atoms with E-state index in [0.717, 1.165) is 5.56 Å². The number of nitrogens with one attached hydrogen (secondary N) is 3. The third-order valence-corrected chi connectivity index (χ3v) is 3.76. The lowest BCUT2D eigenvalue weighted by Gasteiger charge is -2.10. The number of benzene rings is 1. The van der Waals surface area contributed by atoms with E-state index in [4.69, 9.17) is 0 Å². The molecule has 7 nitrogen and oxygen atoms in total. The largest absolute Gasteiger partial charge is 0.347 e. The fraction of sp³-hybridized carbons (Fsp3) is 0.105. The third kappa shape index (κ3) is 4.47. The minimum atomic E-state index is -0.326. The Labute approximate surface area is 151 Å². The van der Waals surface area contributed by atoms with Crippen molar-refractivity contribution in [2.24, 2.45) is 7.05 Å². The summed E-state index contributed by atoms with van der Waals surface area (Å²) in [5, 5.41) is 8.34. The highest BCUT2D eigenvalue weighted by molar-refractivity contribution is 6.03. The van der Waals surface area contributed by atoms with Crippen molar-refractivity contribution in [1.29, 1.82) is 0 Å². The van der Waals surface area contributed by atoms with Gasteiger partial charge in [0.1, 0.15) is 5.69 Å². The number of amides is 3. The summed E-state index contributed by atoms with van der Waals surface area (Å²) in [5.74, 6) is -0.211. The monoisotopic (exact) mass is 349 g/mol. The fourth-order valence-corrected chi connectivity index (χ4v) is 2.43.